The zero-order chi connectivity index (χ0) is 26.3. The van der Waals surface area contributed by atoms with Crippen LogP contribution in [0.2, 0.25) is 0 Å². The summed E-state index contributed by atoms with van der Waals surface area (Å²) in [6.07, 6.45) is 9.51. The van der Waals surface area contributed by atoms with E-state index in [-0.39, 0.29) is 17.7 Å². The standard InChI is InChI=1S/C26H36N4O6S/c1-35-17-15-30-13-11-26(12-14-30,25(31)29-32)37(33,34)22-8-6-21(7-9-22)23-18-28-24(19-27-23)36-16-10-20-4-2-3-5-20/h6-9,18-20,32H,2-5,10-17H2,1H3,(H,29,31). The van der Waals surface area contributed by atoms with Gasteiger partial charge in [-0.2, -0.15) is 0 Å². The molecule has 1 saturated heterocycles. The average Bonchev–Trinajstić information content (AvgIpc) is 3.46. The predicted molar refractivity (Wildman–Crippen MR) is 137 cm³/mol. The fraction of sp³-hybridized carbons (Fsp3) is 0.577. The molecule has 0 spiro atoms. The minimum atomic E-state index is -4.09. The minimum absolute atomic E-state index is 0.0185. The van der Waals surface area contributed by atoms with Gasteiger partial charge in [0.15, 0.2) is 14.6 Å². The number of piperidine rings is 1. The summed E-state index contributed by atoms with van der Waals surface area (Å²) in [6.45, 7) is 2.59. The molecule has 0 atom stereocenters. The Balaban J connectivity index is 1.44. The number of nitrogens with zero attached hydrogens (tertiary/aromatic N) is 3. The summed E-state index contributed by atoms with van der Waals surface area (Å²) in [7, 11) is -2.48. The number of carbonyl (C=O) groups is 1. The first-order valence-corrected chi connectivity index (χ1v) is 14.3. The van der Waals surface area contributed by atoms with Gasteiger partial charge in [-0.05, 0) is 37.3 Å². The Morgan fingerprint density at radius 2 is 1.81 bits per heavy atom. The van der Waals surface area contributed by atoms with Crippen molar-refractivity contribution in [3.63, 3.8) is 0 Å². The van der Waals surface area contributed by atoms with Crippen molar-refractivity contribution >= 4 is 15.7 Å². The van der Waals surface area contributed by atoms with Gasteiger partial charge in [0.2, 0.25) is 5.88 Å². The smallest absolute Gasteiger partial charge is 0.265 e. The molecule has 1 aliphatic carbocycles. The van der Waals surface area contributed by atoms with Crippen LogP contribution in [0.1, 0.15) is 44.9 Å². The lowest BCUT2D eigenvalue weighted by atomic mass is 9.95. The number of ether oxygens (including phenoxy) is 2. The summed E-state index contributed by atoms with van der Waals surface area (Å²) in [6, 6.07) is 6.25. The zero-order valence-electron chi connectivity index (χ0n) is 21.3. The molecule has 0 bridgehead atoms. The highest BCUT2D eigenvalue weighted by Gasteiger charge is 2.52. The number of sulfone groups is 1. The molecule has 2 aliphatic rings. The molecule has 10 nitrogen and oxygen atoms in total. The summed E-state index contributed by atoms with van der Waals surface area (Å²) in [5.74, 6) is 0.305. The molecule has 11 heteroatoms. The van der Waals surface area contributed by atoms with Gasteiger partial charge in [-0.25, -0.2) is 23.9 Å². The maximum Gasteiger partial charge on any atom is 0.265 e. The third kappa shape index (κ3) is 6.11. The number of hydrogen-bond donors (Lipinski definition) is 2. The summed E-state index contributed by atoms with van der Waals surface area (Å²) in [4.78, 5) is 23.5. The van der Waals surface area contributed by atoms with Crippen molar-refractivity contribution < 1.29 is 27.9 Å². The zero-order valence-corrected chi connectivity index (χ0v) is 22.1. The first-order chi connectivity index (χ1) is 17.9. The van der Waals surface area contributed by atoms with Crippen LogP contribution in [0.25, 0.3) is 11.3 Å². The Morgan fingerprint density at radius 1 is 1.11 bits per heavy atom. The topological polar surface area (TPSA) is 131 Å². The van der Waals surface area contributed by atoms with Crippen LogP contribution in [-0.2, 0) is 19.4 Å². The third-order valence-electron chi connectivity index (χ3n) is 7.64. The normalized spacial score (nSPS) is 18.5. The van der Waals surface area contributed by atoms with Crippen LogP contribution < -0.4 is 10.2 Å². The molecule has 2 fully saturated rings. The van der Waals surface area contributed by atoms with Crippen LogP contribution in [0.4, 0.5) is 0 Å². The number of aromatic nitrogens is 2. The molecule has 1 aliphatic heterocycles. The van der Waals surface area contributed by atoms with Gasteiger partial charge in [-0.15, -0.1) is 0 Å². The molecule has 1 aromatic carbocycles. The van der Waals surface area contributed by atoms with E-state index in [0.717, 1.165) is 12.3 Å². The fourth-order valence-corrected chi connectivity index (χ4v) is 7.23. The second-order valence-electron chi connectivity index (χ2n) is 9.82. The van der Waals surface area contributed by atoms with E-state index in [0.29, 0.717) is 50.0 Å². The Bertz CT molecular complexity index is 1130. The number of hydroxylamine groups is 1. The molecule has 1 amide bonds. The molecule has 2 N–H and O–H groups in total. The Kier molecular flexibility index (Phi) is 9.12. The number of benzene rings is 1. The number of amides is 1. The highest BCUT2D eigenvalue weighted by molar-refractivity contribution is 7.93. The van der Waals surface area contributed by atoms with Gasteiger partial charge in [-0.3, -0.25) is 10.0 Å². The van der Waals surface area contributed by atoms with Crippen LogP contribution >= 0.6 is 0 Å². The van der Waals surface area contributed by atoms with Crippen molar-refractivity contribution in [2.45, 2.75) is 54.6 Å². The molecule has 4 rings (SSSR count). The average molecular weight is 533 g/mol. The van der Waals surface area contributed by atoms with Crippen LogP contribution in [-0.4, -0.2) is 79.1 Å². The molecule has 2 heterocycles. The highest BCUT2D eigenvalue weighted by Crippen LogP contribution is 2.36. The van der Waals surface area contributed by atoms with Gasteiger partial charge in [0.05, 0.1) is 36.2 Å². The summed E-state index contributed by atoms with van der Waals surface area (Å²) in [5.41, 5.74) is 2.87. The summed E-state index contributed by atoms with van der Waals surface area (Å²) in [5, 5.41) is 9.37. The number of hydrogen-bond acceptors (Lipinski definition) is 9. The van der Waals surface area contributed by atoms with Gasteiger partial charge in [0.1, 0.15) is 0 Å². The van der Waals surface area contributed by atoms with Crippen molar-refractivity contribution in [1.29, 1.82) is 0 Å². The van der Waals surface area contributed by atoms with Crippen LogP contribution in [0, 0.1) is 5.92 Å². The largest absolute Gasteiger partial charge is 0.477 e. The van der Waals surface area contributed by atoms with Gasteiger partial charge in [0.25, 0.3) is 5.91 Å². The molecule has 202 valence electrons. The number of likely N-dealkylation sites (tertiary alicyclic amines) is 1. The molecule has 1 aromatic heterocycles. The number of methoxy groups -OCH3 is 1. The first-order valence-electron chi connectivity index (χ1n) is 12.9. The summed E-state index contributed by atoms with van der Waals surface area (Å²) < 4.78 is 36.4. The number of nitrogens with one attached hydrogen (secondary N) is 1. The fourth-order valence-electron chi connectivity index (χ4n) is 5.28. The lowest BCUT2D eigenvalue weighted by Gasteiger charge is -2.39. The second kappa shape index (κ2) is 12.3. The van der Waals surface area contributed by atoms with Crippen molar-refractivity contribution in [3.05, 3.63) is 36.7 Å². The van der Waals surface area contributed by atoms with E-state index in [1.165, 1.54) is 37.8 Å². The maximum atomic E-state index is 13.7. The molecule has 0 radical (unpaired) electrons. The van der Waals surface area contributed by atoms with Gasteiger partial charge in [0, 0.05) is 32.3 Å². The maximum absolute atomic E-state index is 13.7. The van der Waals surface area contributed by atoms with Crippen LogP contribution in [0.3, 0.4) is 0 Å². The van der Waals surface area contributed by atoms with E-state index < -0.39 is 20.5 Å². The Morgan fingerprint density at radius 3 is 2.41 bits per heavy atom. The van der Waals surface area contributed by atoms with Crippen molar-refractivity contribution in [2.75, 3.05) is 40.0 Å². The third-order valence-corrected chi connectivity index (χ3v) is 10.2. The van der Waals surface area contributed by atoms with Crippen molar-refractivity contribution in [3.8, 4) is 17.1 Å². The molecule has 37 heavy (non-hydrogen) atoms. The number of carbonyl (C=O) groups excluding carboxylic acids is 1. The van der Waals surface area contributed by atoms with Gasteiger partial charge in [-0.1, -0.05) is 37.8 Å². The van der Waals surface area contributed by atoms with Gasteiger partial charge >= 0.3 is 0 Å². The first kappa shape index (κ1) is 27.4. The van der Waals surface area contributed by atoms with Gasteiger partial charge < -0.3 is 14.4 Å². The molecular weight excluding hydrogens is 496 g/mol. The summed E-state index contributed by atoms with van der Waals surface area (Å²) >= 11 is 0. The van der Waals surface area contributed by atoms with Crippen LogP contribution in [0.5, 0.6) is 5.88 Å². The molecule has 1 saturated carbocycles. The van der Waals surface area contributed by atoms with E-state index in [9.17, 15) is 18.4 Å². The Labute approximate surface area is 218 Å². The number of rotatable bonds is 11. The lowest BCUT2D eigenvalue weighted by Crippen LogP contribution is -2.58. The van der Waals surface area contributed by atoms with E-state index in [4.69, 9.17) is 9.47 Å². The van der Waals surface area contributed by atoms with Crippen LogP contribution in [0.15, 0.2) is 41.6 Å². The lowest BCUT2D eigenvalue weighted by molar-refractivity contribution is -0.133. The molecular formula is C26H36N4O6S. The Hall–Kier alpha value is -2.60. The SMILES string of the molecule is COCCN1CCC(C(=O)NO)(S(=O)(=O)c2ccc(-c3cnc(OCCC4CCCC4)cn3)cc2)CC1. The predicted octanol–water partition coefficient (Wildman–Crippen LogP) is 2.86. The monoisotopic (exact) mass is 532 g/mol. The second-order valence-corrected chi connectivity index (χ2v) is 12.1. The quantitative estimate of drug-likeness (QED) is 0.331. The minimum Gasteiger partial charge on any atom is -0.477 e. The van der Waals surface area contributed by atoms with E-state index in [2.05, 4.69) is 9.97 Å². The van der Waals surface area contributed by atoms with E-state index >= 15 is 0 Å². The highest BCUT2D eigenvalue weighted by atomic mass is 32.2. The molecule has 2 aromatic rings. The van der Waals surface area contributed by atoms with E-state index in [1.807, 2.05) is 4.90 Å². The van der Waals surface area contributed by atoms with Crippen molar-refractivity contribution in [1.82, 2.24) is 20.3 Å². The van der Waals surface area contributed by atoms with Crippen molar-refractivity contribution in [2.24, 2.45) is 5.92 Å². The van der Waals surface area contributed by atoms with E-state index in [1.54, 1.807) is 37.1 Å². The molecule has 0 unspecified atom stereocenters.